The average Bonchev–Trinajstić information content (AvgIpc) is 2.62. The molecule has 1 amide bonds. The predicted molar refractivity (Wildman–Crippen MR) is 92.3 cm³/mol. The monoisotopic (exact) mass is 323 g/mol. The van der Waals surface area contributed by atoms with Crippen LogP contribution in [0.5, 0.6) is 5.75 Å². The lowest BCUT2D eigenvalue weighted by atomic mass is 10.2. The van der Waals surface area contributed by atoms with E-state index in [4.69, 9.17) is 4.74 Å². The number of carbonyl (C=O) groups excluding carboxylic acids is 1. The molecule has 0 saturated carbocycles. The van der Waals surface area contributed by atoms with Crippen LogP contribution in [0.4, 0.5) is 5.69 Å². The Morgan fingerprint density at radius 1 is 1.17 bits per heavy atom. The second-order valence-corrected chi connectivity index (χ2v) is 5.34. The van der Waals surface area contributed by atoms with Crippen molar-refractivity contribution in [2.75, 3.05) is 12.4 Å². The van der Waals surface area contributed by atoms with Crippen LogP contribution in [0.2, 0.25) is 0 Å². The standard InChI is InChI=1S/C18H17N3O3/c1-12(17(22)20-15-9-5-6-10-16(15)24-2)21-11-19-14-8-4-3-7-13(14)18(21)23/h3-12H,1-2H3,(H,20,22)/t12-/m0/s1. The van der Waals surface area contributed by atoms with Crippen molar-refractivity contribution in [2.24, 2.45) is 0 Å². The predicted octanol–water partition coefficient (Wildman–Crippen LogP) is 2.60. The first-order chi connectivity index (χ1) is 11.6. The average molecular weight is 323 g/mol. The summed E-state index contributed by atoms with van der Waals surface area (Å²) in [6, 6.07) is 13.5. The Bertz CT molecular complexity index is 949. The number of ether oxygens (including phenoxy) is 1. The largest absolute Gasteiger partial charge is 0.495 e. The van der Waals surface area contributed by atoms with E-state index in [-0.39, 0.29) is 11.5 Å². The van der Waals surface area contributed by atoms with E-state index < -0.39 is 6.04 Å². The van der Waals surface area contributed by atoms with Gasteiger partial charge in [0.1, 0.15) is 11.8 Å². The van der Waals surface area contributed by atoms with Crippen molar-refractivity contribution < 1.29 is 9.53 Å². The number of rotatable bonds is 4. The summed E-state index contributed by atoms with van der Waals surface area (Å²) in [7, 11) is 1.53. The minimum absolute atomic E-state index is 0.247. The highest BCUT2D eigenvalue weighted by Crippen LogP contribution is 2.24. The van der Waals surface area contributed by atoms with Gasteiger partial charge in [-0.15, -0.1) is 0 Å². The molecule has 3 rings (SSSR count). The number of nitrogens with one attached hydrogen (secondary N) is 1. The molecule has 0 fully saturated rings. The highest BCUT2D eigenvalue weighted by atomic mass is 16.5. The molecule has 0 saturated heterocycles. The Morgan fingerprint density at radius 3 is 2.67 bits per heavy atom. The summed E-state index contributed by atoms with van der Waals surface area (Å²) in [4.78, 5) is 29.3. The smallest absolute Gasteiger partial charge is 0.261 e. The zero-order chi connectivity index (χ0) is 17.1. The van der Waals surface area contributed by atoms with Crippen molar-refractivity contribution in [1.29, 1.82) is 0 Å². The molecule has 1 atom stereocenters. The number of anilines is 1. The molecule has 3 aromatic rings. The van der Waals surface area contributed by atoms with Gasteiger partial charge in [-0.1, -0.05) is 24.3 Å². The fourth-order valence-electron chi connectivity index (χ4n) is 2.47. The Morgan fingerprint density at radius 2 is 1.88 bits per heavy atom. The molecule has 6 heteroatoms. The maximum absolute atomic E-state index is 12.6. The Kier molecular flexibility index (Phi) is 4.29. The normalized spacial score (nSPS) is 11.9. The third-order valence-corrected chi connectivity index (χ3v) is 3.85. The van der Waals surface area contributed by atoms with E-state index in [1.165, 1.54) is 18.0 Å². The Balaban J connectivity index is 1.91. The minimum Gasteiger partial charge on any atom is -0.495 e. The van der Waals surface area contributed by atoms with Crippen LogP contribution in [0.1, 0.15) is 13.0 Å². The molecule has 0 radical (unpaired) electrons. The Labute approximate surface area is 138 Å². The number of para-hydroxylation sites is 3. The van der Waals surface area contributed by atoms with Gasteiger partial charge in [-0.05, 0) is 31.2 Å². The number of nitrogens with zero attached hydrogens (tertiary/aromatic N) is 2. The molecule has 0 aliphatic rings. The highest BCUT2D eigenvalue weighted by molar-refractivity contribution is 5.95. The van der Waals surface area contributed by atoms with E-state index in [9.17, 15) is 9.59 Å². The van der Waals surface area contributed by atoms with Gasteiger partial charge < -0.3 is 10.1 Å². The zero-order valence-corrected chi connectivity index (χ0v) is 13.4. The molecule has 24 heavy (non-hydrogen) atoms. The maximum atomic E-state index is 12.6. The highest BCUT2D eigenvalue weighted by Gasteiger charge is 2.18. The van der Waals surface area contributed by atoms with Crippen molar-refractivity contribution in [3.8, 4) is 5.75 Å². The van der Waals surface area contributed by atoms with E-state index in [0.717, 1.165) is 0 Å². The summed E-state index contributed by atoms with van der Waals surface area (Å²) in [5, 5.41) is 3.27. The van der Waals surface area contributed by atoms with Crippen LogP contribution in [-0.4, -0.2) is 22.6 Å². The van der Waals surface area contributed by atoms with Crippen molar-refractivity contribution in [3.63, 3.8) is 0 Å². The number of carbonyl (C=O) groups is 1. The van der Waals surface area contributed by atoms with E-state index in [1.54, 1.807) is 43.3 Å². The summed E-state index contributed by atoms with van der Waals surface area (Å²) in [6.07, 6.45) is 1.40. The summed E-state index contributed by atoms with van der Waals surface area (Å²) in [5.41, 5.74) is 0.915. The van der Waals surface area contributed by atoms with Gasteiger partial charge in [0.15, 0.2) is 0 Å². The summed E-state index contributed by atoms with van der Waals surface area (Å²) < 4.78 is 6.54. The second kappa shape index (κ2) is 6.54. The molecule has 1 aromatic heterocycles. The molecule has 6 nitrogen and oxygen atoms in total. The molecule has 0 aliphatic heterocycles. The lowest BCUT2D eigenvalue weighted by Gasteiger charge is -2.16. The number of fused-ring (bicyclic) bond motifs is 1. The van der Waals surface area contributed by atoms with Crippen LogP contribution >= 0.6 is 0 Å². The number of hydrogen-bond donors (Lipinski definition) is 1. The molecule has 0 spiro atoms. The van der Waals surface area contributed by atoms with Crippen LogP contribution < -0.4 is 15.6 Å². The van der Waals surface area contributed by atoms with E-state index in [2.05, 4.69) is 10.3 Å². The van der Waals surface area contributed by atoms with Crippen molar-refractivity contribution >= 4 is 22.5 Å². The Hall–Kier alpha value is -3.15. The molecular formula is C18H17N3O3. The molecule has 1 N–H and O–H groups in total. The van der Waals surface area contributed by atoms with Crippen LogP contribution in [-0.2, 0) is 4.79 Å². The molecule has 2 aromatic carbocycles. The summed E-state index contributed by atoms with van der Waals surface area (Å²) in [6.45, 7) is 1.66. The number of hydrogen-bond acceptors (Lipinski definition) is 4. The van der Waals surface area contributed by atoms with Crippen molar-refractivity contribution in [2.45, 2.75) is 13.0 Å². The molecule has 0 unspecified atom stereocenters. The van der Waals surface area contributed by atoms with Crippen LogP contribution in [0.15, 0.2) is 59.7 Å². The van der Waals surface area contributed by atoms with Gasteiger partial charge in [-0.2, -0.15) is 0 Å². The summed E-state index contributed by atoms with van der Waals surface area (Å²) >= 11 is 0. The van der Waals surface area contributed by atoms with Gasteiger partial charge >= 0.3 is 0 Å². The van der Waals surface area contributed by atoms with E-state index in [1.807, 2.05) is 12.1 Å². The fraction of sp³-hybridized carbons (Fsp3) is 0.167. The number of amides is 1. The second-order valence-electron chi connectivity index (χ2n) is 5.34. The minimum atomic E-state index is -0.709. The SMILES string of the molecule is COc1ccccc1NC(=O)[C@H](C)n1cnc2ccccc2c1=O. The van der Waals surface area contributed by atoms with Crippen LogP contribution in [0.25, 0.3) is 10.9 Å². The van der Waals surface area contributed by atoms with Gasteiger partial charge in [-0.25, -0.2) is 4.98 Å². The summed E-state index contributed by atoms with van der Waals surface area (Å²) in [5.74, 6) is 0.237. The first kappa shape index (κ1) is 15.7. The first-order valence-electron chi connectivity index (χ1n) is 7.51. The van der Waals surface area contributed by atoms with Crippen LogP contribution in [0.3, 0.4) is 0 Å². The molecule has 0 aliphatic carbocycles. The van der Waals surface area contributed by atoms with Gasteiger partial charge in [-0.3, -0.25) is 14.2 Å². The molecular weight excluding hydrogens is 306 g/mol. The number of aromatic nitrogens is 2. The quantitative estimate of drug-likeness (QED) is 0.801. The third kappa shape index (κ3) is 2.86. The van der Waals surface area contributed by atoms with Gasteiger partial charge in [0.2, 0.25) is 5.91 Å². The molecule has 0 bridgehead atoms. The molecule has 1 heterocycles. The topological polar surface area (TPSA) is 73.2 Å². The number of benzene rings is 2. The molecule has 122 valence electrons. The fourth-order valence-corrected chi connectivity index (χ4v) is 2.47. The lowest BCUT2D eigenvalue weighted by molar-refractivity contribution is -0.118. The lowest BCUT2D eigenvalue weighted by Crippen LogP contribution is -2.31. The zero-order valence-electron chi connectivity index (χ0n) is 13.4. The maximum Gasteiger partial charge on any atom is 0.261 e. The van der Waals surface area contributed by atoms with Crippen molar-refractivity contribution in [3.05, 3.63) is 65.2 Å². The third-order valence-electron chi connectivity index (χ3n) is 3.85. The van der Waals surface area contributed by atoms with E-state index in [0.29, 0.717) is 22.3 Å². The van der Waals surface area contributed by atoms with Gasteiger partial charge in [0.05, 0.1) is 30.0 Å². The first-order valence-corrected chi connectivity index (χ1v) is 7.51. The van der Waals surface area contributed by atoms with Crippen molar-refractivity contribution in [1.82, 2.24) is 9.55 Å². The van der Waals surface area contributed by atoms with Crippen LogP contribution in [0, 0.1) is 0 Å². The number of methoxy groups -OCH3 is 1. The van der Waals surface area contributed by atoms with Gasteiger partial charge in [0.25, 0.3) is 5.56 Å². The van der Waals surface area contributed by atoms with E-state index >= 15 is 0 Å². The van der Waals surface area contributed by atoms with Gasteiger partial charge in [0, 0.05) is 0 Å².